The fourth-order valence-corrected chi connectivity index (χ4v) is 4.11. The maximum atomic E-state index is 14.2. The number of anilines is 1. The first-order valence-electron chi connectivity index (χ1n) is 9.96. The predicted molar refractivity (Wildman–Crippen MR) is 123 cm³/mol. The molecule has 2 aromatic carbocycles. The topological polar surface area (TPSA) is 94.8 Å². The highest BCUT2D eigenvalue weighted by molar-refractivity contribution is 7.18. The molecule has 10 heteroatoms. The smallest absolute Gasteiger partial charge is 0.278 e. The average Bonchev–Trinajstić information content (AvgIpc) is 3.46. The summed E-state index contributed by atoms with van der Waals surface area (Å²) in [6.45, 7) is 0.145. The lowest BCUT2D eigenvalue weighted by atomic mass is 10.2. The van der Waals surface area contributed by atoms with Crippen LogP contribution >= 0.6 is 11.3 Å². The minimum absolute atomic E-state index is 0.145. The van der Waals surface area contributed by atoms with Crippen LogP contribution in [-0.4, -0.2) is 38.0 Å². The number of halogens is 1. The summed E-state index contributed by atoms with van der Waals surface area (Å²) in [6, 6.07) is 17.3. The second kappa shape index (κ2) is 8.75. The van der Waals surface area contributed by atoms with E-state index in [2.05, 4.69) is 25.6 Å². The zero-order valence-corrected chi connectivity index (χ0v) is 18.2. The number of methoxy groups -OCH3 is 1. The fraction of sp³-hybridized carbons (Fsp3) is 0.0870. The summed E-state index contributed by atoms with van der Waals surface area (Å²) in [4.78, 5) is 17.4. The molecule has 5 rings (SSSR count). The number of hydrogen-bond donors (Lipinski definition) is 1. The van der Waals surface area contributed by atoms with E-state index < -0.39 is 5.91 Å². The van der Waals surface area contributed by atoms with Crippen molar-refractivity contribution in [3.63, 3.8) is 0 Å². The van der Waals surface area contributed by atoms with Crippen LogP contribution in [0.1, 0.15) is 16.1 Å². The molecule has 0 aliphatic carbocycles. The fourth-order valence-electron chi connectivity index (χ4n) is 3.38. The second-order valence-corrected chi connectivity index (χ2v) is 8.05. The number of nitrogens with one attached hydrogen (secondary N) is 1. The minimum atomic E-state index is -0.450. The molecule has 0 bridgehead atoms. The maximum Gasteiger partial charge on any atom is 0.278 e. The standard InChI is InChI=1S/C23H17FN6O2S/c1-32-16-8-4-7-14(12-16)22-27-28-23(33-22)26-21(31)19-17-9-5-11-25-20(17)30(29-19)13-15-6-2-3-10-18(15)24/h2-12H,13H2,1H3,(H,26,28,31). The number of aromatic nitrogens is 5. The van der Waals surface area contributed by atoms with Gasteiger partial charge in [0, 0.05) is 17.3 Å². The van der Waals surface area contributed by atoms with Crippen LogP contribution in [0.2, 0.25) is 0 Å². The van der Waals surface area contributed by atoms with Crippen molar-refractivity contribution in [1.82, 2.24) is 25.0 Å². The third kappa shape index (κ3) is 4.15. The Morgan fingerprint density at radius 2 is 2.00 bits per heavy atom. The van der Waals surface area contributed by atoms with Gasteiger partial charge < -0.3 is 4.74 Å². The normalized spacial score (nSPS) is 11.0. The van der Waals surface area contributed by atoms with Gasteiger partial charge >= 0.3 is 0 Å². The first-order valence-corrected chi connectivity index (χ1v) is 10.8. The molecule has 0 fully saturated rings. The van der Waals surface area contributed by atoms with E-state index in [4.69, 9.17) is 4.74 Å². The molecule has 0 saturated carbocycles. The van der Waals surface area contributed by atoms with Crippen LogP contribution in [-0.2, 0) is 6.54 Å². The van der Waals surface area contributed by atoms with E-state index in [1.807, 2.05) is 24.3 Å². The average molecular weight is 460 g/mol. The van der Waals surface area contributed by atoms with Gasteiger partial charge in [0.15, 0.2) is 11.3 Å². The van der Waals surface area contributed by atoms with Crippen LogP contribution in [0.4, 0.5) is 9.52 Å². The Bertz CT molecular complexity index is 1460. The molecule has 3 aromatic heterocycles. The van der Waals surface area contributed by atoms with Crippen molar-refractivity contribution in [1.29, 1.82) is 0 Å². The van der Waals surface area contributed by atoms with Crippen LogP contribution in [0.25, 0.3) is 21.6 Å². The number of ether oxygens (including phenoxy) is 1. The predicted octanol–water partition coefficient (Wildman–Crippen LogP) is 4.40. The molecule has 0 unspecified atom stereocenters. The van der Waals surface area contributed by atoms with Crippen LogP contribution in [0.15, 0.2) is 66.9 Å². The lowest BCUT2D eigenvalue weighted by Crippen LogP contribution is -2.14. The van der Waals surface area contributed by atoms with Crippen molar-refractivity contribution in [2.45, 2.75) is 6.54 Å². The molecule has 1 N–H and O–H groups in total. The molecule has 164 valence electrons. The second-order valence-electron chi connectivity index (χ2n) is 7.07. The van der Waals surface area contributed by atoms with Gasteiger partial charge in [0.05, 0.1) is 19.0 Å². The quantitative estimate of drug-likeness (QED) is 0.404. The third-order valence-electron chi connectivity index (χ3n) is 4.96. The lowest BCUT2D eigenvalue weighted by molar-refractivity contribution is 0.102. The van der Waals surface area contributed by atoms with Crippen LogP contribution in [0, 0.1) is 5.82 Å². The van der Waals surface area contributed by atoms with E-state index in [9.17, 15) is 9.18 Å². The van der Waals surface area contributed by atoms with Crippen molar-refractivity contribution >= 4 is 33.4 Å². The molecule has 1 amide bonds. The van der Waals surface area contributed by atoms with Crippen LogP contribution in [0.5, 0.6) is 5.75 Å². The lowest BCUT2D eigenvalue weighted by Gasteiger charge is -2.04. The van der Waals surface area contributed by atoms with Gasteiger partial charge in [-0.05, 0) is 30.3 Å². The minimum Gasteiger partial charge on any atom is -0.497 e. The van der Waals surface area contributed by atoms with Crippen molar-refractivity contribution in [2.75, 3.05) is 12.4 Å². The number of carbonyl (C=O) groups is 1. The van der Waals surface area contributed by atoms with Gasteiger partial charge in [-0.25, -0.2) is 14.1 Å². The summed E-state index contributed by atoms with van der Waals surface area (Å²) in [5.74, 6) is -0.0942. The molecule has 0 spiro atoms. The highest BCUT2D eigenvalue weighted by atomic mass is 32.1. The van der Waals surface area contributed by atoms with Crippen molar-refractivity contribution in [3.05, 3.63) is 83.9 Å². The zero-order chi connectivity index (χ0) is 22.8. The molecule has 0 aliphatic rings. The molecular formula is C23H17FN6O2S. The molecule has 8 nitrogen and oxygen atoms in total. The van der Waals surface area contributed by atoms with Gasteiger partial charge in [0.2, 0.25) is 5.13 Å². The van der Waals surface area contributed by atoms with Crippen molar-refractivity contribution in [3.8, 4) is 16.3 Å². The summed E-state index contributed by atoms with van der Waals surface area (Å²) in [5.41, 5.74) is 1.94. The molecule has 3 heterocycles. The van der Waals surface area contributed by atoms with Gasteiger partial charge in [0.1, 0.15) is 16.6 Å². The number of pyridine rings is 1. The van der Waals surface area contributed by atoms with Gasteiger partial charge in [-0.15, -0.1) is 10.2 Å². The van der Waals surface area contributed by atoms with Crippen LogP contribution < -0.4 is 10.1 Å². The van der Waals surface area contributed by atoms with E-state index >= 15 is 0 Å². The van der Waals surface area contributed by atoms with E-state index in [0.717, 1.165) is 5.56 Å². The van der Waals surface area contributed by atoms with Gasteiger partial charge in [0.25, 0.3) is 5.91 Å². The largest absolute Gasteiger partial charge is 0.497 e. The highest BCUT2D eigenvalue weighted by Crippen LogP contribution is 2.29. The summed E-state index contributed by atoms with van der Waals surface area (Å²) < 4.78 is 20.9. The van der Waals surface area contributed by atoms with Gasteiger partial charge in [-0.3, -0.25) is 10.1 Å². The SMILES string of the molecule is COc1cccc(-c2nnc(NC(=O)c3nn(Cc4ccccc4F)c4ncccc34)s2)c1. The van der Waals surface area contributed by atoms with Crippen molar-refractivity contribution < 1.29 is 13.9 Å². The molecule has 5 aromatic rings. The zero-order valence-electron chi connectivity index (χ0n) is 17.4. The Hall–Kier alpha value is -4.18. The summed E-state index contributed by atoms with van der Waals surface area (Å²) in [6.07, 6.45) is 1.61. The molecule has 33 heavy (non-hydrogen) atoms. The number of fused-ring (bicyclic) bond motifs is 1. The summed E-state index contributed by atoms with van der Waals surface area (Å²) in [7, 11) is 1.59. The molecule has 0 radical (unpaired) electrons. The Morgan fingerprint density at radius 3 is 2.85 bits per heavy atom. The summed E-state index contributed by atoms with van der Waals surface area (Å²) in [5, 5.41) is 16.9. The number of nitrogens with zero attached hydrogens (tertiary/aromatic N) is 5. The number of benzene rings is 2. The maximum absolute atomic E-state index is 14.2. The Morgan fingerprint density at radius 1 is 1.12 bits per heavy atom. The first kappa shape index (κ1) is 20.7. The van der Waals surface area contributed by atoms with Gasteiger partial charge in [-0.2, -0.15) is 5.10 Å². The Kier molecular flexibility index (Phi) is 5.49. The highest BCUT2D eigenvalue weighted by Gasteiger charge is 2.20. The monoisotopic (exact) mass is 460 g/mol. The third-order valence-corrected chi connectivity index (χ3v) is 5.85. The molecule has 0 aliphatic heterocycles. The molecular weight excluding hydrogens is 443 g/mol. The number of amides is 1. The van der Waals surface area contributed by atoms with E-state index in [-0.39, 0.29) is 18.1 Å². The number of rotatable bonds is 6. The van der Waals surface area contributed by atoms with E-state index in [0.29, 0.717) is 32.5 Å². The number of hydrogen-bond acceptors (Lipinski definition) is 7. The molecule has 0 saturated heterocycles. The van der Waals surface area contributed by atoms with E-state index in [1.165, 1.54) is 22.1 Å². The first-order chi connectivity index (χ1) is 16.1. The summed E-state index contributed by atoms with van der Waals surface area (Å²) >= 11 is 1.24. The van der Waals surface area contributed by atoms with Crippen LogP contribution in [0.3, 0.4) is 0 Å². The van der Waals surface area contributed by atoms with Gasteiger partial charge in [-0.1, -0.05) is 41.7 Å². The Balaban J connectivity index is 1.42. The Labute approximate surface area is 191 Å². The number of carbonyl (C=O) groups excluding carboxylic acids is 1. The molecule has 0 atom stereocenters. The van der Waals surface area contributed by atoms with Crippen molar-refractivity contribution in [2.24, 2.45) is 0 Å². The van der Waals surface area contributed by atoms with E-state index in [1.54, 1.807) is 43.6 Å².